The zero-order valence-corrected chi connectivity index (χ0v) is 12.4. The summed E-state index contributed by atoms with van der Waals surface area (Å²) in [6, 6.07) is 0. The molecule has 4 heteroatoms. The highest BCUT2D eigenvalue weighted by Crippen LogP contribution is 2.30. The van der Waals surface area contributed by atoms with Crippen molar-refractivity contribution in [1.29, 1.82) is 0 Å². The molecule has 0 aromatic rings. The molecule has 1 N–H and O–H groups in total. The number of carbonyl (C=O) groups is 2. The Morgan fingerprint density at radius 3 is 2.15 bits per heavy atom. The van der Waals surface area contributed by atoms with Crippen LogP contribution < -0.4 is 0 Å². The highest BCUT2D eigenvalue weighted by molar-refractivity contribution is 5.85. The SMILES string of the molecule is CC(C)C1CCN(C(=O)[C@@H]2CC=CC[C@@H]2C(=O)O)CC1. The lowest BCUT2D eigenvalue weighted by atomic mass is 9.81. The van der Waals surface area contributed by atoms with Crippen molar-refractivity contribution >= 4 is 11.9 Å². The van der Waals surface area contributed by atoms with E-state index in [0.717, 1.165) is 25.9 Å². The van der Waals surface area contributed by atoms with Gasteiger partial charge in [-0.25, -0.2) is 0 Å². The number of rotatable bonds is 3. The molecule has 1 heterocycles. The van der Waals surface area contributed by atoms with Crippen LogP contribution in [0.25, 0.3) is 0 Å². The van der Waals surface area contributed by atoms with Gasteiger partial charge < -0.3 is 10.0 Å². The average molecular weight is 279 g/mol. The van der Waals surface area contributed by atoms with E-state index in [2.05, 4.69) is 13.8 Å². The highest BCUT2D eigenvalue weighted by Gasteiger charge is 2.37. The molecule has 1 saturated heterocycles. The van der Waals surface area contributed by atoms with E-state index in [1.807, 2.05) is 17.1 Å². The first-order valence-corrected chi connectivity index (χ1v) is 7.67. The van der Waals surface area contributed by atoms with Crippen LogP contribution in [-0.2, 0) is 9.59 Å². The fraction of sp³-hybridized carbons (Fsp3) is 0.750. The van der Waals surface area contributed by atoms with Gasteiger partial charge in [0, 0.05) is 13.1 Å². The van der Waals surface area contributed by atoms with Gasteiger partial charge in [0.25, 0.3) is 0 Å². The molecule has 0 aromatic carbocycles. The van der Waals surface area contributed by atoms with E-state index in [-0.39, 0.29) is 11.8 Å². The number of allylic oxidation sites excluding steroid dienone is 2. The van der Waals surface area contributed by atoms with Crippen molar-refractivity contribution in [3.05, 3.63) is 12.2 Å². The maximum absolute atomic E-state index is 12.6. The van der Waals surface area contributed by atoms with Gasteiger partial charge in [-0.1, -0.05) is 26.0 Å². The summed E-state index contributed by atoms with van der Waals surface area (Å²) in [6.07, 6.45) is 6.97. The Labute approximate surface area is 120 Å². The predicted octanol–water partition coefficient (Wildman–Crippen LogP) is 2.55. The van der Waals surface area contributed by atoms with Crippen LogP contribution in [-0.4, -0.2) is 35.0 Å². The van der Waals surface area contributed by atoms with Gasteiger partial charge in [-0.3, -0.25) is 9.59 Å². The molecule has 0 aromatic heterocycles. The van der Waals surface area contributed by atoms with Crippen molar-refractivity contribution in [2.75, 3.05) is 13.1 Å². The van der Waals surface area contributed by atoms with Crippen LogP contribution >= 0.6 is 0 Å². The zero-order chi connectivity index (χ0) is 14.7. The summed E-state index contributed by atoms with van der Waals surface area (Å²) in [5.41, 5.74) is 0. The maximum Gasteiger partial charge on any atom is 0.307 e. The van der Waals surface area contributed by atoms with Crippen LogP contribution in [0.2, 0.25) is 0 Å². The molecule has 0 unspecified atom stereocenters. The molecule has 1 amide bonds. The number of carboxylic acid groups (broad SMARTS) is 1. The van der Waals surface area contributed by atoms with Crippen molar-refractivity contribution in [2.45, 2.75) is 39.5 Å². The molecule has 4 nitrogen and oxygen atoms in total. The van der Waals surface area contributed by atoms with Gasteiger partial charge in [-0.15, -0.1) is 0 Å². The molecule has 0 radical (unpaired) electrons. The molecule has 2 rings (SSSR count). The lowest BCUT2D eigenvalue weighted by molar-refractivity contribution is -0.151. The topological polar surface area (TPSA) is 57.6 Å². The van der Waals surface area contributed by atoms with E-state index in [0.29, 0.717) is 24.7 Å². The summed E-state index contributed by atoms with van der Waals surface area (Å²) in [6.45, 7) is 6.03. The second-order valence-corrected chi connectivity index (χ2v) is 6.40. The van der Waals surface area contributed by atoms with E-state index in [4.69, 9.17) is 0 Å². The van der Waals surface area contributed by atoms with E-state index >= 15 is 0 Å². The average Bonchev–Trinajstić information content (AvgIpc) is 2.46. The van der Waals surface area contributed by atoms with E-state index < -0.39 is 11.9 Å². The monoisotopic (exact) mass is 279 g/mol. The number of carboxylic acids is 1. The number of piperidine rings is 1. The van der Waals surface area contributed by atoms with E-state index in [1.54, 1.807) is 0 Å². The quantitative estimate of drug-likeness (QED) is 0.808. The molecule has 20 heavy (non-hydrogen) atoms. The van der Waals surface area contributed by atoms with Gasteiger partial charge >= 0.3 is 5.97 Å². The Kier molecular flexibility index (Phi) is 4.84. The molecular weight excluding hydrogens is 254 g/mol. The molecule has 2 atom stereocenters. The van der Waals surface area contributed by atoms with Gasteiger partial charge in [0.1, 0.15) is 0 Å². The second-order valence-electron chi connectivity index (χ2n) is 6.40. The zero-order valence-electron chi connectivity index (χ0n) is 12.4. The van der Waals surface area contributed by atoms with Crippen LogP contribution in [0.3, 0.4) is 0 Å². The fourth-order valence-corrected chi connectivity index (χ4v) is 3.38. The summed E-state index contributed by atoms with van der Waals surface area (Å²) in [5.74, 6) is -0.352. The third-order valence-corrected chi connectivity index (χ3v) is 4.86. The van der Waals surface area contributed by atoms with Crippen LogP contribution in [0.15, 0.2) is 12.2 Å². The predicted molar refractivity (Wildman–Crippen MR) is 77.1 cm³/mol. The number of nitrogens with zero attached hydrogens (tertiary/aromatic N) is 1. The summed E-state index contributed by atoms with van der Waals surface area (Å²) < 4.78 is 0. The minimum atomic E-state index is -0.843. The van der Waals surface area contributed by atoms with Gasteiger partial charge in [0.15, 0.2) is 0 Å². The largest absolute Gasteiger partial charge is 0.481 e. The minimum Gasteiger partial charge on any atom is -0.481 e. The van der Waals surface area contributed by atoms with Gasteiger partial charge in [-0.2, -0.15) is 0 Å². The lowest BCUT2D eigenvalue weighted by Gasteiger charge is -2.37. The Hall–Kier alpha value is -1.32. The first-order valence-electron chi connectivity index (χ1n) is 7.67. The van der Waals surface area contributed by atoms with Crippen molar-refractivity contribution in [2.24, 2.45) is 23.7 Å². The third-order valence-electron chi connectivity index (χ3n) is 4.86. The smallest absolute Gasteiger partial charge is 0.307 e. The number of hydrogen-bond acceptors (Lipinski definition) is 2. The summed E-state index contributed by atoms with van der Waals surface area (Å²) in [5, 5.41) is 9.27. The lowest BCUT2D eigenvalue weighted by Crippen LogP contribution is -2.45. The first-order chi connectivity index (χ1) is 9.50. The van der Waals surface area contributed by atoms with Crippen molar-refractivity contribution in [3.63, 3.8) is 0 Å². The molecule has 1 fully saturated rings. The Morgan fingerprint density at radius 1 is 1.10 bits per heavy atom. The van der Waals surface area contributed by atoms with E-state index in [1.165, 1.54) is 0 Å². The first kappa shape index (κ1) is 15.1. The third kappa shape index (κ3) is 3.22. The summed E-state index contributed by atoms with van der Waals surface area (Å²) >= 11 is 0. The number of hydrogen-bond donors (Lipinski definition) is 1. The molecule has 0 bridgehead atoms. The van der Waals surface area contributed by atoms with Crippen LogP contribution in [0.4, 0.5) is 0 Å². The Morgan fingerprint density at radius 2 is 1.65 bits per heavy atom. The molecule has 2 aliphatic rings. The summed E-state index contributed by atoms with van der Waals surface area (Å²) in [7, 11) is 0. The minimum absolute atomic E-state index is 0.0453. The van der Waals surface area contributed by atoms with Gasteiger partial charge in [0.2, 0.25) is 5.91 Å². The second kappa shape index (κ2) is 6.42. The van der Waals surface area contributed by atoms with Crippen molar-refractivity contribution < 1.29 is 14.7 Å². The molecule has 0 saturated carbocycles. The summed E-state index contributed by atoms with van der Waals surface area (Å²) in [4.78, 5) is 25.7. The van der Waals surface area contributed by atoms with Crippen LogP contribution in [0.1, 0.15) is 39.5 Å². The number of likely N-dealkylation sites (tertiary alicyclic amines) is 1. The molecular formula is C16H25NO3. The van der Waals surface area contributed by atoms with Crippen molar-refractivity contribution in [1.82, 2.24) is 4.90 Å². The highest BCUT2D eigenvalue weighted by atomic mass is 16.4. The van der Waals surface area contributed by atoms with Gasteiger partial charge in [-0.05, 0) is 37.5 Å². The van der Waals surface area contributed by atoms with Gasteiger partial charge in [0.05, 0.1) is 11.8 Å². The Bertz CT molecular complexity index is 395. The van der Waals surface area contributed by atoms with E-state index in [9.17, 15) is 14.7 Å². The number of amides is 1. The maximum atomic E-state index is 12.6. The fourth-order valence-electron chi connectivity index (χ4n) is 3.38. The van der Waals surface area contributed by atoms with Crippen LogP contribution in [0.5, 0.6) is 0 Å². The standard InChI is InChI=1S/C16H25NO3/c1-11(2)12-7-9-17(10-8-12)15(18)13-5-3-4-6-14(13)16(19)20/h3-4,11-14H,5-10H2,1-2H3,(H,19,20)/t13-,14+/m1/s1. The molecule has 1 aliphatic carbocycles. The van der Waals surface area contributed by atoms with Crippen molar-refractivity contribution in [3.8, 4) is 0 Å². The Balaban J connectivity index is 1.97. The molecule has 112 valence electrons. The molecule has 1 aliphatic heterocycles. The molecule has 0 spiro atoms. The number of aliphatic carboxylic acids is 1. The van der Waals surface area contributed by atoms with Crippen LogP contribution in [0, 0.1) is 23.7 Å². The normalized spacial score (nSPS) is 27.9. The number of carbonyl (C=O) groups excluding carboxylic acids is 1.